The van der Waals surface area contributed by atoms with Gasteiger partial charge in [-0.2, -0.15) is 0 Å². The molecule has 0 bridgehead atoms. The Morgan fingerprint density at radius 3 is 2.69 bits per heavy atom. The van der Waals surface area contributed by atoms with Gasteiger partial charge < -0.3 is 4.42 Å². The van der Waals surface area contributed by atoms with Gasteiger partial charge in [-0.1, -0.05) is 23.7 Å². The standard InChI is InChI=1S/C10H7ClNO/c1-7-6-13-10(12-7)8-4-2-3-5-9(8)11/h2-6H,1H2. The second-order valence-corrected chi connectivity index (χ2v) is 3.03. The highest BCUT2D eigenvalue weighted by molar-refractivity contribution is 6.33. The summed E-state index contributed by atoms with van der Waals surface area (Å²) in [6, 6.07) is 7.39. The zero-order valence-electron chi connectivity index (χ0n) is 6.83. The second-order valence-electron chi connectivity index (χ2n) is 2.62. The van der Waals surface area contributed by atoms with Crippen LogP contribution in [0.1, 0.15) is 5.69 Å². The Morgan fingerprint density at radius 1 is 1.31 bits per heavy atom. The first-order chi connectivity index (χ1) is 6.27. The Kier molecular flexibility index (Phi) is 2.07. The molecule has 0 saturated carbocycles. The number of oxazole rings is 1. The van der Waals surface area contributed by atoms with E-state index < -0.39 is 0 Å². The van der Waals surface area contributed by atoms with Crippen LogP contribution in [0.15, 0.2) is 34.9 Å². The Labute approximate surface area is 81.2 Å². The Morgan fingerprint density at radius 2 is 2.08 bits per heavy atom. The first-order valence-corrected chi connectivity index (χ1v) is 4.17. The molecule has 13 heavy (non-hydrogen) atoms. The molecule has 0 aliphatic rings. The first-order valence-electron chi connectivity index (χ1n) is 3.80. The quantitative estimate of drug-likeness (QED) is 0.694. The van der Waals surface area contributed by atoms with Gasteiger partial charge in [-0.25, -0.2) is 4.98 Å². The Balaban J connectivity index is 2.52. The molecule has 0 spiro atoms. The molecule has 2 aromatic rings. The van der Waals surface area contributed by atoms with Gasteiger partial charge in [-0.15, -0.1) is 0 Å². The molecule has 0 aliphatic heterocycles. The zero-order chi connectivity index (χ0) is 9.26. The van der Waals surface area contributed by atoms with Gasteiger partial charge in [0, 0.05) is 0 Å². The van der Waals surface area contributed by atoms with Gasteiger partial charge in [0.05, 0.1) is 16.3 Å². The van der Waals surface area contributed by atoms with Crippen molar-refractivity contribution >= 4 is 11.6 Å². The minimum absolute atomic E-state index is 0.510. The molecule has 1 aromatic carbocycles. The van der Waals surface area contributed by atoms with E-state index in [1.165, 1.54) is 6.26 Å². The van der Waals surface area contributed by atoms with Crippen molar-refractivity contribution in [2.45, 2.75) is 0 Å². The molecule has 1 aromatic heterocycles. The molecule has 2 rings (SSSR count). The highest BCUT2D eigenvalue weighted by Crippen LogP contribution is 2.26. The molecule has 0 N–H and O–H groups in total. The van der Waals surface area contributed by atoms with Gasteiger partial charge in [-0.3, -0.25) is 0 Å². The van der Waals surface area contributed by atoms with E-state index in [1.54, 1.807) is 6.07 Å². The predicted octanol–water partition coefficient (Wildman–Crippen LogP) is 3.18. The van der Waals surface area contributed by atoms with E-state index in [-0.39, 0.29) is 0 Å². The van der Waals surface area contributed by atoms with Gasteiger partial charge in [-0.05, 0) is 19.1 Å². The fourth-order valence-electron chi connectivity index (χ4n) is 1.07. The number of hydrogen-bond acceptors (Lipinski definition) is 2. The monoisotopic (exact) mass is 192 g/mol. The van der Waals surface area contributed by atoms with Crippen molar-refractivity contribution in [3.05, 3.63) is 48.2 Å². The third-order valence-electron chi connectivity index (χ3n) is 1.66. The normalized spacial score (nSPS) is 10.3. The summed E-state index contributed by atoms with van der Waals surface area (Å²) in [5.41, 5.74) is 1.40. The number of hydrogen-bond donors (Lipinski definition) is 0. The fraction of sp³-hybridized carbons (Fsp3) is 0. The summed E-state index contributed by atoms with van der Waals surface area (Å²) in [7, 11) is 0. The first kappa shape index (κ1) is 8.32. The molecule has 1 radical (unpaired) electrons. The van der Waals surface area contributed by atoms with Crippen LogP contribution in [0.25, 0.3) is 11.5 Å². The average molecular weight is 193 g/mol. The molecule has 0 unspecified atom stereocenters. The summed E-state index contributed by atoms with van der Waals surface area (Å²) in [4.78, 5) is 4.08. The van der Waals surface area contributed by atoms with Crippen LogP contribution in [-0.4, -0.2) is 4.98 Å². The zero-order valence-corrected chi connectivity index (χ0v) is 7.58. The summed E-state index contributed by atoms with van der Waals surface area (Å²) >= 11 is 5.95. The van der Waals surface area contributed by atoms with Crippen LogP contribution in [0.3, 0.4) is 0 Å². The van der Waals surface area contributed by atoms with Gasteiger partial charge >= 0.3 is 0 Å². The highest BCUT2D eigenvalue weighted by atomic mass is 35.5. The third-order valence-corrected chi connectivity index (χ3v) is 1.99. The summed E-state index contributed by atoms with van der Waals surface area (Å²) in [6.07, 6.45) is 1.50. The average Bonchev–Trinajstić information content (AvgIpc) is 2.53. The molecule has 0 atom stereocenters. The van der Waals surface area contributed by atoms with Gasteiger partial charge in [0.15, 0.2) is 0 Å². The molecule has 65 valence electrons. The van der Waals surface area contributed by atoms with Crippen LogP contribution in [0, 0.1) is 6.92 Å². The van der Waals surface area contributed by atoms with E-state index in [9.17, 15) is 0 Å². The van der Waals surface area contributed by atoms with E-state index in [0.29, 0.717) is 16.6 Å². The summed E-state index contributed by atoms with van der Waals surface area (Å²) in [5.74, 6) is 0.510. The smallest absolute Gasteiger partial charge is 0.227 e. The van der Waals surface area contributed by atoms with E-state index in [0.717, 1.165) is 5.56 Å². The molecular formula is C10H7ClNO. The van der Waals surface area contributed by atoms with Crippen LogP contribution < -0.4 is 0 Å². The van der Waals surface area contributed by atoms with Gasteiger partial charge in [0.2, 0.25) is 5.89 Å². The van der Waals surface area contributed by atoms with E-state index in [4.69, 9.17) is 16.0 Å². The van der Waals surface area contributed by atoms with Crippen molar-refractivity contribution in [3.63, 3.8) is 0 Å². The minimum atomic E-state index is 0.510. The molecule has 0 amide bonds. The molecule has 3 heteroatoms. The maximum atomic E-state index is 5.95. The van der Waals surface area contributed by atoms with Crippen molar-refractivity contribution in [3.8, 4) is 11.5 Å². The van der Waals surface area contributed by atoms with E-state index >= 15 is 0 Å². The number of benzene rings is 1. The molecule has 0 saturated heterocycles. The fourth-order valence-corrected chi connectivity index (χ4v) is 1.28. The largest absolute Gasteiger partial charge is 0.444 e. The van der Waals surface area contributed by atoms with E-state index in [2.05, 4.69) is 11.9 Å². The van der Waals surface area contributed by atoms with Crippen LogP contribution in [-0.2, 0) is 0 Å². The van der Waals surface area contributed by atoms with Crippen LogP contribution >= 0.6 is 11.6 Å². The predicted molar refractivity (Wildman–Crippen MR) is 51.4 cm³/mol. The second kappa shape index (κ2) is 3.23. The minimum Gasteiger partial charge on any atom is -0.444 e. The number of nitrogens with zero attached hydrogens (tertiary/aromatic N) is 1. The maximum Gasteiger partial charge on any atom is 0.227 e. The van der Waals surface area contributed by atoms with Crippen molar-refractivity contribution in [2.75, 3.05) is 0 Å². The maximum absolute atomic E-state index is 5.95. The highest BCUT2D eigenvalue weighted by Gasteiger charge is 2.07. The van der Waals surface area contributed by atoms with Crippen LogP contribution in [0.2, 0.25) is 5.02 Å². The molecule has 2 nitrogen and oxygen atoms in total. The number of rotatable bonds is 1. The van der Waals surface area contributed by atoms with Crippen molar-refractivity contribution < 1.29 is 4.42 Å². The third kappa shape index (κ3) is 1.58. The lowest BCUT2D eigenvalue weighted by Crippen LogP contribution is -1.78. The van der Waals surface area contributed by atoms with Crippen molar-refractivity contribution in [1.82, 2.24) is 4.98 Å². The lowest BCUT2D eigenvalue weighted by Gasteiger charge is -1.96. The molecule has 0 aliphatic carbocycles. The van der Waals surface area contributed by atoms with Gasteiger partial charge in [0.25, 0.3) is 0 Å². The van der Waals surface area contributed by atoms with Crippen molar-refractivity contribution in [1.29, 1.82) is 0 Å². The molecule has 1 heterocycles. The van der Waals surface area contributed by atoms with Crippen molar-refractivity contribution in [2.24, 2.45) is 0 Å². The Bertz CT molecular complexity index is 422. The van der Waals surface area contributed by atoms with Crippen LogP contribution in [0.5, 0.6) is 0 Å². The molecular weight excluding hydrogens is 186 g/mol. The summed E-state index contributed by atoms with van der Waals surface area (Å²) < 4.78 is 5.17. The van der Waals surface area contributed by atoms with E-state index in [1.807, 2.05) is 18.2 Å². The lowest BCUT2D eigenvalue weighted by atomic mass is 10.2. The van der Waals surface area contributed by atoms with Crippen LogP contribution in [0.4, 0.5) is 0 Å². The summed E-state index contributed by atoms with van der Waals surface area (Å²) in [5, 5.41) is 0.629. The number of aromatic nitrogens is 1. The molecule has 0 fully saturated rings. The Hall–Kier alpha value is -1.28. The SMILES string of the molecule is [CH2]c1coc(-c2ccccc2Cl)n1. The lowest BCUT2D eigenvalue weighted by molar-refractivity contribution is 0.574. The van der Waals surface area contributed by atoms with Gasteiger partial charge in [0.1, 0.15) is 6.26 Å². The number of halogens is 1. The topological polar surface area (TPSA) is 26.0 Å². The summed E-state index contributed by atoms with van der Waals surface area (Å²) in [6.45, 7) is 3.65.